The van der Waals surface area contributed by atoms with Crippen LogP contribution in [0.1, 0.15) is 29.3 Å². The zero-order valence-corrected chi connectivity index (χ0v) is 16.1. The second-order valence-corrected chi connectivity index (χ2v) is 7.77. The number of aromatic nitrogens is 1. The molecule has 0 saturated carbocycles. The Morgan fingerprint density at radius 2 is 2.00 bits per heavy atom. The highest BCUT2D eigenvalue weighted by Crippen LogP contribution is 2.33. The quantitative estimate of drug-likeness (QED) is 0.808. The van der Waals surface area contributed by atoms with E-state index in [1.165, 1.54) is 11.3 Å². The number of rotatable bonds is 3. The van der Waals surface area contributed by atoms with Gasteiger partial charge in [-0.3, -0.25) is 14.5 Å². The van der Waals surface area contributed by atoms with Crippen LogP contribution in [0.3, 0.4) is 0 Å². The molecule has 7 nitrogen and oxygen atoms in total. The monoisotopic (exact) mass is 387 g/mol. The molecule has 4 rings (SSSR count). The minimum atomic E-state index is -0.118. The van der Waals surface area contributed by atoms with E-state index in [0.29, 0.717) is 31.1 Å². The number of nitrogens with zero attached hydrogens (tertiary/aromatic N) is 3. The lowest BCUT2D eigenvalue weighted by atomic mass is 10.2. The first-order chi connectivity index (χ1) is 13.0. The van der Waals surface area contributed by atoms with Crippen molar-refractivity contribution >= 4 is 28.8 Å². The Hall–Kier alpha value is -2.45. The molecule has 1 aromatic carbocycles. The van der Waals surface area contributed by atoms with Gasteiger partial charge >= 0.3 is 0 Å². The normalized spacial score (nSPS) is 22.4. The van der Waals surface area contributed by atoms with Gasteiger partial charge in [-0.1, -0.05) is 12.1 Å². The number of carbonyl (C=O) groups excluding carboxylic acids is 2. The fourth-order valence-corrected chi connectivity index (χ4v) is 4.21. The highest BCUT2D eigenvalue weighted by Gasteiger charge is 2.29. The van der Waals surface area contributed by atoms with Crippen LogP contribution in [-0.4, -0.2) is 53.6 Å². The maximum Gasteiger partial charge on any atom is 0.273 e. The fourth-order valence-electron chi connectivity index (χ4n) is 3.45. The van der Waals surface area contributed by atoms with Crippen LogP contribution in [0.25, 0.3) is 0 Å². The Bertz CT molecular complexity index is 858. The summed E-state index contributed by atoms with van der Waals surface area (Å²) in [6, 6.07) is 7.43. The molecule has 142 valence electrons. The number of hydrogen-bond donors (Lipinski definition) is 0. The number of fused-ring (bicyclic) bond motifs is 1. The summed E-state index contributed by atoms with van der Waals surface area (Å²) in [7, 11) is 0. The van der Waals surface area contributed by atoms with Crippen LogP contribution in [-0.2, 0) is 16.1 Å². The Morgan fingerprint density at radius 1 is 1.26 bits per heavy atom. The number of ether oxygens (including phenoxy) is 2. The molecule has 0 radical (unpaired) electrons. The number of amides is 2. The van der Waals surface area contributed by atoms with Crippen LogP contribution in [0.5, 0.6) is 5.75 Å². The first-order valence-electron chi connectivity index (χ1n) is 8.92. The molecule has 2 aliphatic heterocycles. The lowest BCUT2D eigenvalue weighted by molar-refractivity contribution is -0.121. The van der Waals surface area contributed by atoms with Crippen molar-refractivity contribution < 1.29 is 19.1 Å². The fraction of sp³-hybridized carbons (Fsp3) is 0.421. The summed E-state index contributed by atoms with van der Waals surface area (Å²) in [6.45, 7) is 5.38. The van der Waals surface area contributed by atoms with Gasteiger partial charge in [-0.05, 0) is 26.0 Å². The van der Waals surface area contributed by atoms with Crippen molar-refractivity contribution in [2.45, 2.75) is 32.6 Å². The molecule has 2 aromatic rings. The summed E-state index contributed by atoms with van der Waals surface area (Å²) in [4.78, 5) is 33.0. The van der Waals surface area contributed by atoms with Gasteiger partial charge < -0.3 is 14.4 Å². The van der Waals surface area contributed by atoms with E-state index >= 15 is 0 Å². The highest BCUT2D eigenvalue weighted by atomic mass is 32.1. The number of morpholine rings is 1. The lowest BCUT2D eigenvalue weighted by Crippen LogP contribution is -2.48. The molecule has 2 aliphatic rings. The Balaban J connectivity index is 1.50. The number of hydrogen-bond acceptors (Lipinski definition) is 6. The van der Waals surface area contributed by atoms with Crippen molar-refractivity contribution in [1.29, 1.82) is 0 Å². The third-order valence-corrected chi connectivity index (χ3v) is 5.41. The summed E-state index contributed by atoms with van der Waals surface area (Å²) >= 11 is 1.39. The van der Waals surface area contributed by atoms with Crippen LogP contribution in [0, 0.1) is 0 Å². The minimum absolute atomic E-state index is 0.0116. The van der Waals surface area contributed by atoms with Gasteiger partial charge in [-0.2, -0.15) is 0 Å². The van der Waals surface area contributed by atoms with Gasteiger partial charge in [0.25, 0.3) is 11.8 Å². The first kappa shape index (κ1) is 17.9. The highest BCUT2D eigenvalue weighted by molar-refractivity contribution is 7.09. The zero-order valence-electron chi connectivity index (χ0n) is 15.3. The van der Waals surface area contributed by atoms with Crippen LogP contribution in [0.2, 0.25) is 0 Å². The molecule has 0 spiro atoms. The molecule has 2 amide bonds. The van der Waals surface area contributed by atoms with E-state index in [2.05, 4.69) is 4.98 Å². The summed E-state index contributed by atoms with van der Waals surface area (Å²) in [5, 5.41) is 2.48. The summed E-state index contributed by atoms with van der Waals surface area (Å²) in [6.07, 6.45) is 0.0246. The molecule has 2 atom stereocenters. The van der Waals surface area contributed by atoms with Crippen molar-refractivity contribution in [3.63, 3.8) is 0 Å². The largest absolute Gasteiger partial charge is 0.482 e. The number of anilines is 1. The van der Waals surface area contributed by atoms with E-state index in [-0.39, 0.29) is 30.6 Å². The molecule has 1 fully saturated rings. The van der Waals surface area contributed by atoms with E-state index < -0.39 is 0 Å². The maximum atomic E-state index is 12.8. The Morgan fingerprint density at radius 3 is 2.78 bits per heavy atom. The summed E-state index contributed by atoms with van der Waals surface area (Å²) in [5.74, 6) is 0.474. The molecule has 27 heavy (non-hydrogen) atoms. The standard InChI is InChI=1S/C19H21N3O4S/c1-12-7-21(8-13(2)26-12)19(24)14-11-27-17(20-14)9-22-15-5-3-4-6-16(15)25-10-18(22)23/h3-6,11-13H,7-10H2,1-2H3. The van der Waals surface area contributed by atoms with Crippen LogP contribution in [0.4, 0.5) is 5.69 Å². The van der Waals surface area contributed by atoms with E-state index in [0.717, 1.165) is 10.7 Å². The van der Waals surface area contributed by atoms with Gasteiger partial charge in [0.15, 0.2) is 6.61 Å². The number of thiazole rings is 1. The lowest BCUT2D eigenvalue weighted by Gasteiger charge is -2.34. The number of carbonyl (C=O) groups is 2. The van der Waals surface area contributed by atoms with Gasteiger partial charge in [0, 0.05) is 18.5 Å². The minimum Gasteiger partial charge on any atom is -0.482 e. The van der Waals surface area contributed by atoms with Gasteiger partial charge in [0.1, 0.15) is 16.5 Å². The third kappa shape index (κ3) is 3.68. The average Bonchev–Trinajstić information content (AvgIpc) is 3.11. The molecular formula is C19H21N3O4S. The van der Waals surface area contributed by atoms with Crippen LogP contribution in [0.15, 0.2) is 29.6 Å². The molecule has 3 heterocycles. The van der Waals surface area contributed by atoms with Crippen molar-refractivity contribution in [1.82, 2.24) is 9.88 Å². The van der Waals surface area contributed by atoms with Crippen molar-refractivity contribution in [2.75, 3.05) is 24.6 Å². The zero-order chi connectivity index (χ0) is 19.0. The smallest absolute Gasteiger partial charge is 0.273 e. The van der Waals surface area contributed by atoms with Crippen molar-refractivity contribution in [2.24, 2.45) is 0 Å². The van der Waals surface area contributed by atoms with Crippen molar-refractivity contribution in [3.05, 3.63) is 40.3 Å². The van der Waals surface area contributed by atoms with Gasteiger partial charge in [-0.15, -0.1) is 11.3 Å². The average molecular weight is 387 g/mol. The van der Waals surface area contributed by atoms with E-state index in [9.17, 15) is 9.59 Å². The molecule has 0 N–H and O–H groups in total. The Kier molecular flexibility index (Phi) is 4.84. The van der Waals surface area contributed by atoms with E-state index in [1.807, 2.05) is 38.1 Å². The molecule has 2 unspecified atom stereocenters. The van der Waals surface area contributed by atoms with Crippen molar-refractivity contribution in [3.8, 4) is 5.75 Å². The molecule has 0 aliphatic carbocycles. The second-order valence-electron chi connectivity index (χ2n) is 6.83. The maximum absolute atomic E-state index is 12.8. The first-order valence-corrected chi connectivity index (χ1v) is 9.80. The summed E-state index contributed by atoms with van der Waals surface area (Å²) in [5.41, 5.74) is 1.15. The third-order valence-electron chi connectivity index (χ3n) is 4.58. The van der Waals surface area contributed by atoms with Gasteiger partial charge in [0.2, 0.25) is 0 Å². The predicted octanol–water partition coefficient (Wildman–Crippen LogP) is 2.32. The summed E-state index contributed by atoms with van der Waals surface area (Å²) < 4.78 is 11.2. The number of para-hydroxylation sites is 2. The SMILES string of the molecule is CC1CN(C(=O)c2csc(CN3C(=O)COc4ccccc43)n2)CC(C)O1. The molecule has 1 saturated heterocycles. The second kappa shape index (κ2) is 7.28. The predicted molar refractivity (Wildman–Crippen MR) is 101 cm³/mol. The topological polar surface area (TPSA) is 72.0 Å². The van der Waals surface area contributed by atoms with E-state index in [1.54, 1.807) is 15.2 Å². The van der Waals surface area contributed by atoms with Crippen LogP contribution < -0.4 is 9.64 Å². The number of benzene rings is 1. The van der Waals surface area contributed by atoms with Gasteiger partial charge in [-0.25, -0.2) is 4.98 Å². The van der Waals surface area contributed by atoms with E-state index in [4.69, 9.17) is 9.47 Å². The molecule has 1 aromatic heterocycles. The molecule has 8 heteroatoms. The van der Waals surface area contributed by atoms with Gasteiger partial charge in [0.05, 0.1) is 24.4 Å². The molecular weight excluding hydrogens is 366 g/mol. The van der Waals surface area contributed by atoms with Crippen LogP contribution >= 0.6 is 11.3 Å². The Labute approximate surface area is 161 Å². The molecule has 0 bridgehead atoms.